The van der Waals surface area contributed by atoms with Crippen LogP contribution >= 0.6 is 0 Å². The molecule has 0 N–H and O–H groups in total. The number of esters is 1. The third-order valence-corrected chi connectivity index (χ3v) is 1.46. The van der Waals surface area contributed by atoms with Crippen LogP contribution in [0.2, 0.25) is 0 Å². The summed E-state index contributed by atoms with van der Waals surface area (Å²) in [5, 5.41) is 0. The molecule has 0 radical (unpaired) electrons. The molecule has 0 fully saturated rings. The van der Waals surface area contributed by atoms with E-state index in [1.165, 1.54) is 14.2 Å². The molecule has 1 aromatic rings. The number of aryl methyl sites for hydroxylation is 1. The van der Waals surface area contributed by atoms with Crippen molar-refractivity contribution in [2.45, 2.75) is 13.5 Å². The molecule has 0 amide bonds. The molecule has 0 saturated carbocycles. The van der Waals surface area contributed by atoms with Crippen LogP contribution in [0.1, 0.15) is 22.1 Å². The first-order valence-corrected chi connectivity index (χ1v) is 3.72. The number of ether oxygens (including phenoxy) is 2. The molecule has 1 heterocycles. The first-order valence-electron chi connectivity index (χ1n) is 3.72. The van der Waals surface area contributed by atoms with Gasteiger partial charge < -0.3 is 13.9 Å². The topological polar surface area (TPSA) is 61.6 Å². The molecule has 0 aliphatic rings. The van der Waals surface area contributed by atoms with Gasteiger partial charge in [0.25, 0.3) is 0 Å². The molecular weight excluding hydrogens is 174 g/mol. The third-order valence-electron chi connectivity index (χ3n) is 1.46. The molecule has 72 valence electrons. The minimum atomic E-state index is -0.535. The van der Waals surface area contributed by atoms with Gasteiger partial charge in [-0.2, -0.15) is 0 Å². The van der Waals surface area contributed by atoms with Gasteiger partial charge >= 0.3 is 5.97 Å². The Labute approximate surface area is 75.7 Å². The zero-order valence-corrected chi connectivity index (χ0v) is 7.79. The van der Waals surface area contributed by atoms with Crippen LogP contribution in [0, 0.1) is 6.92 Å². The van der Waals surface area contributed by atoms with Gasteiger partial charge in [0, 0.05) is 14.0 Å². The first-order chi connectivity index (χ1) is 6.19. The Hall–Kier alpha value is -1.36. The van der Waals surface area contributed by atoms with Gasteiger partial charge in [0.1, 0.15) is 5.69 Å². The quantitative estimate of drug-likeness (QED) is 0.655. The van der Waals surface area contributed by atoms with Crippen molar-refractivity contribution in [2.24, 2.45) is 0 Å². The van der Waals surface area contributed by atoms with Gasteiger partial charge in [0.15, 0.2) is 5.89 Å². The van der Waals surface area contributed by atoms with E-state index in [9.17, 15) is 4.79 Å². The molecule has 0 unspecified atom stereocenters. The van der Waals surface area contributed by atoms with Crippen LogP contribution in [-0.2, 0) is 16.1 Å². The van der Waals surface area contributed by atoms with Gasteiger partial charge in [-0.1, -0.05) is 0 Å². The highest BCUT2D eigenvalue weighted by Gasteiger charge is 2.18. The lowest BCUT2D eigenvalue weighted by atomic mass is 10.3. The van der Waals surface area contributed by atoms with Crippen LogP contribution in [0.4, 0.5) is 0 Å². The summed E-state index contributed by atoms with van der Waals surface area (Å²) in [4.78, 5) is 15.1. The Morgan fingerprint density at radius 1 is 1.54 bits per heavy atom. The number of oxazole rings is 1. The second-order valence-electron chi connectivity index (χ2n) is 2.43. The summed E-state index contributed by atoms with van der Waals surface area (Å²) in [6.45, 7) is 1.90. The summed E-state index contributed by atoms with van der Waals surface area (Å²) >= 11 is 0. The maximum Gasteiger partial charge on any atom is 0.376 e. The van der Waals surface area contributed by atoms with E-state index < -0.39 is 5.97 Å². The van der Waals surface area contributed by atoms with Crippen molar-refractivity contribution < 1.29 is 18.7 Å². The maximum absolute atomic E-state index is 11.1. The lowest BCUT2D eigenvalue weighted by Gasteiger charge is -1.96. The number of nitrogens with zero attached hydrogens (tertiary/aromatic N) is 1. The SMILES string of the molecule is COCc1nc(C)oc1C(=O)OC. The Morgan fingerprint density at radius 2 is 2.23 bits per heavy atom. The highest BCUT2D eigenvalue weighted by molar-refractivity contribution is 5.87. The minimum Gasteiger partial charge on any atom is -0.463 e. The number of hydrogen-bond donors (Lipinski definition) is 0. The lowest BCUT2D eigenvalue weighted by Crippen LogP contribution is -2.04. The van der Waals surface area contributed by atoms with Gasteiger partial charge in [-0.15, -0.1) is 0 Å². The fourth-order valence-electron chi connectivity index (χ4n) is 0.957. The molecule has 0 saturated heterocycles. The molecule has 13 heavy (non-hydrogen) atoms. The standard InChI is InChI=1S/C8H11NO4/c1-5-9-6(4-11-2)7(13-5)8(10)12-3/h4H2,1-3H3. The summed E-state index contributed by atoms with van der Waals surface area (Å²) in [7, 11) is 2.81. The van der Waals surface area contributed by atoms with Gasteiger partial charge in [0.05, 0.1) is 13.7 Å². The molecule has 1 rings (SSSR count). The number of rotatable bonds is 3. The average Bonchev–Trinajstić information content (AvgIpc) is 2.46. The second-order valence-corrected chi connectivity index (χ2v) is 2.43. The fraction of sp³-hybridized carbons (Fsp3) is 0.500. The zero-order valence-electron chi connectivity index (χ0n) is 7.79. The smallest absolute Gasteiger partial charge is 0.376 e. The van der Waals surface area contributed by atoms with E-state index in [4.69, 9.17) is 9.15 Å². The Morgan fingerprint density at radius 3 is 2.77 bits per heavy atom. The summed E-state index contributed by atoms with van der Waals surface area (Å²) in [6, 6.07) is 0. The van der Waals surface area contributed by atoms with Crippen LogP contribution < -0.4 is 0 Å². The number of methoxy groups -OCH3 is 2. The molecular formula is C8H11NO4. The van der Waals surface area contributed by atoms with E-state index in [0.29, 0.717) is 11.6 Å². The fourth-order valence-corrected chi connectivity index (χ4v) is 0.957. The highest BCUT2D eigenvalue weighted by atomic mass is 16.5. The van der Waals surface area contributed by atoms with Crippen molar-refractivity contribution in [3.05, 3.63) is 17.3 Å². The predicted molar refractivity (Wildman–Crippen MR) is 43.3 cm³/mol. The molecule has 0 atom stereocenters. The summed E-state index contributed by atoms with van der Waals surface area (Å²) in [6.07, 6.45) is 0. The van der Waals surface area contributed by atoms with Crippen molar-refractivity contribution in [1.29, 1.82) is 0 Å². The van der Waals surface area contributed by atoms with Crippen LogP contribution in [0.5, 0.6) is 0 Å². The molecule has 1 aromatic heterocycles. The van der Waals surface area contributed by atoms with Crippen LogP contribution in [-0.4, -0.2) is 25.2 Å². The zero-order chi connectivity index (χ0) is 9.84. The van der Waals surface area contributed by atoms with Crippen molar-refractivity contribution >= 4 is 5.97 Å². The lowest BCUT2D eigenvalue weighted by molar-refractivity contribution is 0.0557. The first kappa shape index (κ1) is 9.73. The van der Waals surface area contributed by atoms with E-state index in [-0.39, 0.29) is 12.4 Å². The van der Waals surface area contributed by atoms with Crippen molar-refractivity contribution in [3.63, 3.8) is 0 Å². The molecule has 0 spiro atoms. The number of carbonyl (C=O) groups excluding carboxylic acids is 1. The summed E-state index contributed by atoms with van der Waals surface area (Å²) in [5.74, 6) is 0.00181. The number of aromatic nitrogens is 1. The predicted octanol–water partition coefficient (Wildman–Crippen LogP) is 0.916. The summed E-state index contributed by atoms with van der Waals surface area (Å²) in [5.41, 5.74) is 0.465. The van der Waals surface area contributed by atoms with Crippen molar-refractivity contribution in [1.82, 2.24) is 4.98 Å². The van der Waals surface area contributed by atoms with Gasteiger partial charge in [-0.05, 0) is 0 Å². The van der Waals surface area contributed by atoms with E-state index >= 15 is 0 Å². The third kappa shape index (κ3) is 2.06. The van der Waals surface area contributed by atoms with Crippen LogP contribution in [0.15, 0.2) is 4.42 Å². The molecule has 0 aliphatic heterocycles. The molecule has 0 bridgehead atoms. The van der Waals surface area contributed by atoms with Gasteiger partial charge in [-0.25, -0.2) is 9.78 Å². The Balaban J connectivity index is 2.96. The van der Waals surface area contributed by atoms with E-state index in [2.05, 4.69) is 9.72 Å². The molecule has 5 nitrogen and oxygen atoms in total. The van der Waals surface area contributed by atoms with Gasteiger partial charge in [-0.3, -0.25) is 0 Å². The second kappa shape index (κ2) is 4.04. The van der Waals surface area contributed by atoms with Crippen molar-refractivity contribution in [2.75, 3.05) is 14.2 Å². The largest absolute Gasteiger partial charge is 0.463 e. The minimum absolute atomic E-state index is 0.113. The normalized spacial score (nSPS) is 10.1. The Bertz CT molecular complexity index is 305. The van der Waals surface area contributed by atoms with Crippen molar-refractivity contribution in [3.8, 4) is 0 Å². The molecule has 5 heteroatoms. The van der Waals surface area contributed by atoms with Gasteiger partial charge in [0.2, 0.25) is 5.76 Å². The summed E-state index contributed by atoms with van der Waals surface area (Å²) < 4.78 is 14.4. The van der Waals surface area contributed by atoms with E-state index in [1.807, 2.05) is 0 Å². The molecule has 0 aliphatic carbocycles. The average molecular weight is 185 g/mol. The van der Waals surface area contributed by atoms with Crippen LogP contribution in [0.25, 0.3) is 0 Å². The monoisotopic (exact) mass is 185 g/mol. The number of hydrogen-bond acceptors (Lipinski definition) is 5. The maximum atomic E-state index is 11.1. The number of carbonyl (C=O) groups is 1. The molecule has 0 aromatic carbocycles. The van der Waals surface area contributed by atoms with E-state index in [0.717, 1.165) is 0 Å². The highest BCUT2D eigenvalue weighted by Crippen LogP contribution is 2.12. The van der Waals surface area contributed by atoms with Crippen LogP contribution in [0.3, 0.4) is 0 Å². The Kier molecular flexibility index (Phi) is 3.02. The van der Waals surface area contributed by atoms with E-state index in [1.54, 1.807) is 6.92 Å².